The van der Waals surface area contributed by atoms with Crippen LogP contribution in [0.2, 0.25) is 5.02 Å². The zero-order chi connectivity index (χ0) is 20.5. The second kappa shape index (κ2) is 10.3. The van der Waals surface area contributed by atoms with E-state index in [2.05, 4.69) is 5.32 Å². The number of benzene rings is 2. The van der Waals surface area contributed by atoms with Gasteiger partial charge in [-0.15, -0.1) is 0 Å². The van der Waals surface area contributed by atoms with Gasteiger partial charge in [0.2, 0.25) is 0 Å². The van der Waals surface area contributed by atoms with Crippen LogP contribution < -0.4 is 14.8 Å². The molecule has 148 valence electrons. The minimum atomic E-state index is -0.575. The number of carbonyl (C=O) groups is 3. The predicted molar refractivity (Wildman–Crippen MR) is 104 cm³/mol. The third-order valence-electron chi connectivity index (χ3n) is 3.64. The first-order chi connectivity index (χ1) is 13.4. The molecule has 2 rings (SSSR count). The molecule has 7 nitrogen and oxygen atoms in total. The molecule has 0 atom stereocenters. The average molecular weight is 406 g/mol. The molecule has 0 saturated heterocycles. The summed E-state index contributed by atoms with van der Waals surface area (Å²) in [5, 5.41) is 3.00. The van der Waals surface area contributed by atoms with Crippen LogP contribution in [0.5, 0.6) is 11.5 Å². The van der Waals surface area contributed by atoms with Gasteiger partial charge in [-0.05, 0) is 49.4 Å². The zero-order valence-corrected chi connectivity index (χ0v) is 16.2. The van der Waals surface area contributed by atoms with Crippen molar-refractivity contribution in [1.82, 2.24) is 0 Å². The summed E-state index contributed by atoms with van der Waals surface area (Å²) in [6.07, 6.45) is -0.0256. The van der Waals surface area contributed by atoms with Gasteiger partial charge < -0.3 is 19.5 Å². The molecule has 0 aromatic heterocycles. The molecule has 0 aliphatic carbocycles. The van der Waals surface area contributed by atoms with Crippen LogP contribution in [0.15, 0.2) is 42.5 Å². The number of ether oxygens (including phenoxy) is 3. The molecule has 8 heteroatoms. The Morgan fingerprint density at radius 3 is 2.43 bits per heavy atom. The van der Waals surface area contributed by atoms with E-state index in [1.165, 1.54) is 20.1 Å². The van der Waals surface area contributed by atoms with Crippen molar-refractivity contribution in [2.45, 2.75) is 13.3 Å². The Hall–Kier alpha value is -3.06. The molecule has 2 aromatic carbocycles. The standard InChI is InChI=1S/C20H20ClNO6/c1-13(23)14-3-6-16(7-4-14)27-10-9-20(25)28-12-19(24)22-17-11-15(21)5-8-18(17)26-2/h3-8,11H,9-10,12H2,1-2H3,(H,22,24). The molecular weight excluding hydrogens is 386 g/mol. The first-order valence-corrected chi connectivity index (χ1v) is 8.79. The highest BCUT2D eigenvalue weighted by atomic mass is 35.5. The number of nitrogens with one attached hydrogen (secondary N) is 1. The number of methoxy groups -OCH3 is 1. The number of esters is 1. The van der Waals surface area contributed by atoms with E-state index < -0.39 is 18.5 Å². The van der Waals surface area contributed by atoms with Gasteiger partial charge in [0.15, 0.2) is 12.4 Å². The topological polar surface area (TPSA) is 90.9 Å². The second-order valence-corrected chi connectivity index (χ2v) is 6.17. The molecule has 0 bridgehead atoms. The van der Waals surface area contributed by atoms with Crippen LogP contribution in [0.3, 0.4) is 0 Å². The van der Waals surface area contributed by atoms with Crippen LogP contribution >= 0.6 is 11.6 Å². The first-order valence-electron chi connectivity index (χ1n) is 8.42. The maximum atomic E-state index is 11.9. The zero-order valence-electron chi connectivity index (χ0n) is 15.5. The van der Waals surface area contributed by atoms with E-state index in [0.717, 1.165) is 0 Å². The molecule has 0 fully saturated rings. The van der Waals surface area contributed by atoms with Crippen LogP contribution in [0.1, 0.15) is 23.7 Å². The molecule has 0 spiro atoms. The van der Waals surface area contributed by atoms with E-state index in [9.17, 15) is 14.4 Å². The Labute approximate surface area is 167 Å². The lowest BCUT2D eigenvalue weighted by molar-refractivity contribution is -0.147. The van der Waals surface area contributed by atoms with E-state index >= 15 is 0 Å². The predicted octanol–water partition coefficient (Wildman–Crippen LogP) is 3.50. The van der Waals surface area contributed by atoms with E-state index in [1.54, 1.807) is 36.4 Å². The van der Waals surface area contributed by atoms with Gasteiger partial charge in [-0.2, -0.15) is 0 Å². The number of Topliss-reactive ketones (excluding diaryl/α,β-unsaturated/α-hetero) is 1. The fourth-order valence-electron chi connectivity index (χ4n) is 2.22. The summed E-state index contributed by atoms with van der Waals surface area (Å²) in [5.41, 5.74) is 0.961. The fourth-order valence-corrected chi connectivity index (χ4v) is 2.39. The Morgan fingerprint density at radius 1 is 1.07 bits per heavy atom. The fraction of sp³-hybridized carbons (Fsp3) is 0.250. The van der Waals surface area contributed by atoms with E-state index in [-0.39, 0.29) is 18.8 Å². The van der Waals surface area contributed by atoms with Crippen molar-refractivity contribution in [3.63, 3.8) is 0 Å². The van der Waals surface area contributed by atoms with Gasteiger partial charge >= 0.3 is 5.97 Å². The summed E-state index contributed by atoms with van der Waals surface area (Å²) in [4.78, 5) is 34.9. The largest absolute Gasteiger partial charge is 0.495 e. The molecule has 0 radical (unpaired) electrons. The lowest BCUT2D eigenvalue weighted by Gasteiger charge is -2.11. The lowest BCUT2D eigenvalue weighted by atomic mass is 10.1. The van der Waals surface area contributed by atoms with Crippen LogP contribution in [0.25, 0.3) is 0 Å². The number of rotatable bonds is 9. The van der Waals surface area contributed by atoms with Gasteiger partial charge in [-0.1, -0.05) is 11.6 Å². The van der Waals surface area contributed by atoms with Gasteiger partial charge in [-0.25, -0.2) is 0 Å². The highest BCUT2D eigenvalue weighted by Crippen LogP contribution is 2.27. The Bertz CT molecular complexity index is 850. The first kappa shape index (κ1) is 21.2. The van der Waals surface area contributed by atoms with Crippen molar-refractivity contribution in [1.29, 1.82) is 0 Å². The smallest absolute Gasteiger partial charge is 0.309 e. The van der Waals surface area contributed by atoms with Gasteiger partial charge in [0.05, 0.1) is 25.8 Å². The summed E-state index contributed by atoms with van der Waals surface area (Å²) < 4.78 is 15.5. The van der Waals surface area contributed by atoms with E-state index in [0.29, 0.717) is 27.8 Å². The average Bonchev–Trinajstić information content (AvgIpc) is 2.67. The highest BCUT2D eigenvalue weighted by Gasteiger charge is 2.11. The van der Waals surface area contributed by atoms with Gasteiger partial charge in [0.1, 0.15) is 11.5 Å². The molecule has 0 aliphatic rings. The quantitative estimate of drug-likeness (QED) is 0.507. The van der Waals surface area contributed by atoms with E-state index in [1.807, 2.05) is 0 Å². The molecule has 1 N–H and O–H groups in total. The minimum Gasteiger partial charge on any atom is -0.495 e. The lowest BCUT2D eigenvalue weighted by Crippen LogP contribution is -2.22. The highest BCUT2D eigenvalue weighted by molar-refractivity contribution is 6.31. The normalized spacial score (nSPS) is 10.1. The van der Waals surface area contributed by atoms with Crippen LogP contribution in [0.4, 0.5) is 5.69 Å². The van der Waals surface area contributed by atoms with Crippen molar-refractivity contribution in [2.75, 3.05) is 25.6 Å². The third-order valence-corrected chi connectivity index (χ3v) is 3.87. The molecule has 0 heterocycles. The van der Waals surface area contributed by atoms with Crippen LogP contribution in [0, 0.1) is 0 Å². The molecule has 28 heavy (non-hydrogen) atoms. The monoisotopic (exact) mass is 405 g/mol. The summed E-state index contributed by atoms with van der Waals surface area (Å²) in [6, 6.07) is 11.4. The molecule has 0 saturated carbocycles. The number of anilines is 1. The number of ketones is 1. The van der Waals surface area contributed by atoms with Gasteiger partial charge in [0, 0.05) is 10.6 Å². The maximum absolute atomic E-state index is 11.9. The van der Waals surface area contributed by atoms with Crippen molar-refractivity contribution in [2.24, 2.45) is 0 Å². The van der Waals surface area contributed by atoms with E-state index in [4.69, 9.17) is 25.8 Å². The Morgan fingerprint density at radius 2 is 1.79 bits per heavy atom. The molecule has 1 amide bonds. The number of amides is 1. The number of hydrogen-bond acceptors (Lipinski definition) is 6. The number of hydrogen-bond donors (Lipinski definition) is 1. The van der Waals surface area contributed by atoms with Crippen LogP contribution in [-0.2, 0) is 14.3 Å². The maximum Gasteiger partial charge on any atom is 0.309 e. The summed E-state index contributed by atoms with van der Waals surface area (Å²) >= 11 is 5.89. The van der Waals surface area contributed by atoms with Gasteiger partial charge in [-0.3, -0.25) is 14.4 Å². The molecule has 0 aliphatic heterocycles. The minimum absolute atomic E-state index is 0.0256. The summed E-state index contributed by atoms with van der Waals surface area (Å²) in [7, 11) is 1.46. The Kier molecular flexibility index (Phi) is 7.83. The molecular formula is C20H20ClNO6. The van der Waals surface area contributed by atoms with Crippen molar-refractivity contribution in [3.05, 3.63) is 53.1 Å². The summed E-state index contributed by atoms with van der Waals surface area (Å²) in [5.74, 6) is -0.163. The SMILES string of the molecule is COc1ccc(Cl)cc1NC(=O)COC(=O)CCOc1ccc(C(C)=O)cc1. The number of carbonyl (C=O) groups excluding carboxylic acids is 3. The molecule has 0 unspecified atom stereocenters. The van der Waals surface area contributed by atoms with Crippen molar-refractivity contribution in [3.8, 4) is 11.5 Å². The summed E-state index contributed by atoms with van der Waals surface area (Å²) in [6.45, 7) is 1.12. The van der Waals surface area contributed by atoms with Gasteiger partial charge in [0.25, 0.3) is 5.91 Å². The number of halogens is 1. The molecule has 2 aromatic rings. The second-order valence-electron chi connectivity index (χ2n) is 5.73. The van der Waals surface area contributed by atoms with Crippen molar-refractivity contribution < 1.29 is 28.6 Å². The third kappa shape index (κ3) is 6.59. The Balaban J connectivity index is 1.72. The van der Waals surface area contributed by atoms with Crippen LogP contribution in [-0.4, -0.2) is 38.0 Å². The van der Waals surface area contributed by atoms with Crippen molar-refractivity contribution >= 4 is 34.9 Å².